The Labute approximate surface area is 120 Å². The molecule has 19 heavy (non-hydrogen) atoms. The van der Waals surface area contributed by atoms with Crippen LogP contribution in [0.15, 0.2) is 12.7 Å². The number of ether oxygens (including phenoxy) is 1. The lowest BCUT2D eigenvalue weighted by molar-refractivity contribution is 0.0211. The summed E-state index contributed by atoms with van der Waals surface area (Å²) in [6.07, 6.45) is 9.95. The van der Waals surface area contributed by atoms with Gasteiger partial charge in [-0.15, -0.1) is 6.58 Å². The van der Waals surface area contributed by atoms with E-state index >= 15 is 0 Å². The minimum absolute atomic E-state index is 0.497. The van der Waals surface area contributed by atoms with Gasteiger partial charge in [-0.2, -0.15) is 0 Å². The van der Waals surface area contributed by atoms with Gasteiger partial charge in [0.25, 0.3) is 0 Å². The van der Waals surface area contributed by atoms with Gasteiger partial charge in [0.1, 0.15) is 0 Å². The summed E-state index contributed by atoms with van der Waals surface area (Å²) in [7, 11) is 1.85. The number of methoxy groups -OCH3 is 1. The number of nitrogens with zero attached hydrogens (tertiary/aromatic N) is 1. The molecule has 1 saturated carbocycles. The van der Waals surface area contributed by atoms with Gasteiger partial charge in [-0.3, -0.25) is 4.90 Å². The molecule has 0 aromatic rings. The molecule has 0 spiro atoms. The first-order valence-electron chi connectivity index (χ1n) is 8.01. The van der Waals surface area contributed by atoms with Gasteiger partial charge in [-0.1, -0.05) is 26.8 Å². The summed E-state index contributed by atoms with van der Waals surface area (Å²) in [5, 5.41) is 0. The second kappa shape index (κ2) is 8.76. The minimum atomic E-state index is 0.497. The summed E-state index contributed by atoms with van der Waals surface area (Å²) in [5.74, 6) is 0.735. The summed E-state index contributed by atoms with van der Waals surface area (Å²) in [6, 6.07) is 1.42. The van der Waals surface area contributed by atoms with Crippen LogP contribution in [0.3, 0.4) is 0 Å². The van der Waals surface area contributed by atoms with Crippen LogP contribution in [0.1, 0.15) is 59.3 Å². The van der Waals surface area contributed by atoms with Crippen LogP contribution in [0.5, 0.6) is 0 Å². The van der Waals surface area contributed by atoms with Crippen molar-refractivity contribution in [2.24, 2.45) is 5.92 Å². The van der Waals surface area contributed by atoms with Crippen molar-refractivity contribution in [1.82, 2.24) is 4.90 Å². The van der Waals surface area contributed by atoms with Gasteiger partial charge in [0.15, 0.2) is 0 Å². The third kappa shape index (κ3) is 5.27. The summed E-state index contributed by atoms with van der Waals surface area (Å²) in [6.45, 7) is 12.1. The van der Waals surface area contributed by atoms with Crippen LogP contribution in [0.2, 0.25) is 0 Å². The van der Waals surface area contributed by atoms with Crippen LogP contribution in [-0.2, 0) is 4.74 Å². The summed E-state index contributed by atoms with van der Waals surface area (Å²) in [5.41, 5.74) is 0. The Morgan fingerprint density at radius 2 is 1.89 bits per heavy atom. The maximum absolute atomic E-state index is 5.50. The van der Waals surface area contributed by atoms with E-state index in [9.17, 15) is 0 Å². The second-order valence-electron chi connectivity index (χ2n) is 6.34. The minimum Gasteiger partial charge on any atom is -0.381 e. The molecule has 2 nitrogen and oxygen atoms in total. The Bertz CT molecular complexity index is 244. The standard InChI is InChI=1S/C17H33NO/c1-6-8-15(7-2)18(13-14(3)4)16-9-11-17(19-5)12-10-16/h6,14-17H,1,7-13H2,2-5H3/t15-,16?,17?/m0/s1. The molecular weight excluding hydrogens is 234 g/mol. The molecule has 1 rings (SSSR count). The maximum atomic E-state index is 5.50. The molecule has 0 amide bonds. The molecule has 0 saturated heterocycles. The lowest BCUT2D eigenvalue weighted by Crippen LogP contribution is -2.47. The van der Waals surface area contributed by atoms with Crippen molar-refractivity contribution >= 4 is 0 Å². The van der Waals surface area contributed by atoms with Crippen molar-refractivity contribution < 1.29 is 4.74 Å². The first-order valence-corrected chi connectivity index (χ1v) is 8.01. The predicted molar refractivity (Wildman–Crippen MR) is 83.5 cm³/mol. The van der Waals surface area contributed by atoms with E-state index in [2.05, 4.69) is 38.3 Å². The van der Waals surface area contributed by atoms with Gasteiger partial charge in [0.05, 0.1) is 6.10 Å². The molecule has 1 aliphatic carbocycles. The number of hydrogen-bond donors (Lipinski definition) is 0. The van der Waals surface area contributed by atoms with Gasteiger partial charge < -0.3 is 4.74 Å². The molecule has 1 aliphatic rings. The fraction of sp³-hybridized carbons (Fsp3) is 0.882. The Balaban J connectivity index is 2.65. The van der Waals surface area contributed by atoms with Crippen LogP contribution in [0, 0.1) is 5.92 Å². The zero-order chi connectivity index (χ0) is 14.3. The third-order valence-electron chi connectivity index (χ3n) is 4.40. The van der Waals surface area contributed by atoms with E-state index in [-0.39, 0.29) is 0 Å². The van der Waals surface area contributed by atoms with Gasteiger partial charge in [0.2, 0.25) is 0 Å². The van der Waals surface area contributed by atoms with Gasteiger partial charge in [-0.05, 0) is 44.4 Å². The third-order valence-corrected chi connectivity index (χ3v) is 4.40. The van der Waals surface area contributed by atoms with Gasteiger partial charge >= 0.3 is 0 Å². The zero-order valence-electron chi connectivity index (χ0n) is 13.4. The molecule has 0 N–H and O–H groups in total. The van der Waals surface area contributed by atoms with Crippen LogP contribution in [0.25, 0.3) is 0 Å². The van der Waals surface area contributed by atoms with Gasteiger partial charge in [0, 0.05) is 25.7 Å². The quantitative estimate of drug-likeness (QED) is 0.609. The first kappa shape index (κ1) is 16.7. The smallest absolute Gasteiger partial charge is 0.0572 e. The SMILES string of the molecule is C=CC[C@H](CC)N(CC(C)C)C1CCC(OC)CC1. The highest BCUT2D eigenvalue weighted by Gasteiger charge is 2.29. The van der Waals surface area contributed by atoms with Crippen molar-refractivity contribution in [3.05, 3.63) is 12.7 Å². The number of rotatable bonds is 8. The van der Waals surface area contributed by atoms with Crippen molar-refractivity contribution in [2.45, 2.75) is 77.5 Å². The molecule has 1 atom stereocenters. The van der Waals surface area contributed by atoms with E-state index in [4.69, 9.17) is 4.74 Å². The zero-order valence-corrected chi connectivity index (χ0v) is 13.4. The largest absolute Gasteiger partial charge is 0.381 e. The molecule has 112 valence electrons. The fourth-order valence-electron chi connectivity index (χ4n) is 3.36. The summed E-state index contributed by atoms with van der Waals surface area (Å²) in [4.78, 5) is 2.76. The molecule has 0 bridgehead atoms. The van der Waals surface area contributed by atoms with E-state index in [1.807, 2.05) is 7.11 Å². The van der Waals surface area contributed by atoms with E-state index in [0.29, 0.717) is 12.1 Å². The Morgan fingerprint density at radius 3 is 2.32 bits per heavy atom. The van der Waals surface area contributed by atoms with Crippen molar-refractivity contribution in [2.75, 3.05) is 13.7 Å². The van der Waals surface area contributed by atoms with Crippen LogP contribution < -0.4 is 0 Å². The summed E-state index contributed by atoms with van der Waals surface area (Å²) >= 11 is 0. The van der Waals surface area contributed by atoms with Crippen LogP contribution in [0.4, 0.5) is 0 Å². The molecule has 2 heteroatoms. The van der Waals surface area contributed by atoms with E-state index < -0.39 is 0 Å². The lowest BCUT2D eigenvalue weighted by Gasteiger charge is -2.42. The summed E-state index contributed by atoms with van der Waals surface area (Å²) < 4.78 is 5.50. The highest BCUT2D eigenvalue weighted by Crippen LogP contribution is 2.28. The monoisotopic (exact) mass is 267 g/mol. The molecule has 0 aliphatic heterocycles. The van der Waals surface area contributed by atoms with Crippen LogP contribution in [-0.4, -0.2) is 36.7 Å². The second-order valence-corrected chi connectivity index (χ2v) is 6.34. The fourth-order valence-corrected chi connectivity index (χ4v) is 3.36. The average Bonchev–Trinajstić information content (AvgIpc) is 2.42. The maximum Gasteiger partial charge on any atom is 0.0572 e. The predicted octanol–water partition coefficient (Wildman–Crippen LogP) is 4.26. The topological polar surface area (TPSA) is 12.5 Å². The Kier molecular flexibility index (Phi) is 7.70. The molecule has 0 aromatic heterocycles. The van der Waals surface area contributed by atoms with Gasteiger partial charge in [-0.25, -0.2) is 0 Å². The van der Waals surface area contributed by atoms with Crippen molar-refractivity contribution in [3.63, 3.8) is 0 Å². The molecule has 1 fully saturated rings. The highest BCUT2D eigenvalue weighted by atomic mass is 16.5. The lowest BCUT2D eigenvalue weighted by atomic mass is 9.89. The van der Waals surface area contributed by atoms with E-state index in [1.54, 1.807) is 0 Å². The molecule has 0 radical (unpaired) electrons. The average molecular weight is 267 g/mol. The Hall–Kier alpha value is -0.340. The normalized spacial score (nSPS) is 25.8. The Morgan fingerprint density at radius 1 is 1.26 bits per heavy atom. The molecule has 0 unspecified atom stereocenters. The van der Waals surface area contributed by atoms with E-state index in [1.165, 1.54) is 38.6 Å². The highest BCUT2D eigenvalue weighted by molar-refractivity contribution is 4.87. The van der Waals surface area contributed by atoms with Crippen molar-refractivity contribution in [3.8, 4) is 0 Å². The van der Waals surface area contributed by atoms with E-state index in [0.717, 1.165) is 18.4 Å². The number of hydrogen-bond acceptors (Lipinski definition) is 2. The molecular formula is C17H33NO. The molecule has 0 aromatic carbocycles. The van der Waals surface area contributed by atoms with Crippen molar-refractivity contribution in [1.29, 1.82) is 0 Å². The first-order chi connectivity index (χ1) is 9.12. The van der Waals surface area contributed by atoms with Crippen LogP contribution >= 0.6 is 0 Å². The molecule has 0 heterocycles.